The molecule has 2 atom stereocenters. The van der Waals surface area contributed by atoms with Gasteiger partial charge in [-0.05, 0) is 12.1 Å². The van der Waals surface area contributed by atoms with Crippen molar-refractivity contribution in [3.05, 3.63) is 12.3 Å². The fraction of sp³-hybridized carbons (Fsp3) is 0.769. The van der Waals surface area contributed by atoms with E-state index in [4.69, 9.17) is 18.3 Å². The van der Waals surface area contributed by atoms with Gasteiger partial charge in [0.25, 0.3) is 0 Å². The zero-order chi connectivity index (χ0) is 14.9. The fourth-order valence-corrected chi connectivity index (χ4v) is 3.94. The number of hydrogen-bond acceptors (Lipinski definition) is 5. The number of carbonyl (C=O) groups excluding carboxylic acids is 1. The van der Waals surface area contributed by atoms with Crippen molar-refractivity contribution in [1.82, 2.24) is 0 Å². The minimum atomic E-state index is -2.64. The first-order valence-electron chi connectivity index (χ1n) is 6.62. The SMILES string of the molecule is C=C[Si](OC)(OC)C(CC)OC(CC)OC(=O)CC. The molecule has 0 amide bonds. The Hall–Kier alpha value is -0.693. The van der Waals surface area contributed by atoms with Crippen LogP contribution in [0.4, 0.5) is 0 Å². The van der Waals surface area contributed by atoms with E-state index in [-0.39, 0.29) is 11.7 Å². The Balaban J connectivity index is 4.84. The lowest BCUT2D eigenvalue weighted by molar-refractivity contribution is -0.186. The van der Waals surface area contributed by atoms with Crippen LogP contribution in [0.5, 0.6) is 0 Å². The zero-order valence-corrected chi connectivity index (χ0v) is 13.6. The Kier molecular flexibility index (Phi) is 8.91. The number of rotatable bonds is 10. The van der Waals surface area contributed by atoms with Crippen molar-refractivity contribution >= 4 is 14.5 Å². The highest BCUT2D eigenvalue weighted by atomic mass is 28.4. The van der Waals surface area contributed by atoms with Gasteiger partial charge in [0.1, 0.15) is 5.73 Å². The standard InChI is InChI=1S/C13H26O5Si/c1-7-11(14)17-12(8-2)18-13(9-3)19(10-4,15-5)16-6/h10,12-13H,4,7-9H2,1-3,5-6H3. The minimum absolute atomic E-state index is 0.269. The molecule has 0 rings (SSSR count). The van der Waals surface area contributed by atoms with E-state index >= 15 is 0 Å². The van der Waals surface area contributed by atoms with Crippen LogP contribution in [-0.2, 0) is 23.1 Å². The second-order valence-electron chi connectivity index (χ2n) is 4.05. The summed E-state index contributed by atoms with van der Waals surface area (Å²) in [6.45, 7) is 9.40. The third-order valence-electron chi connectivity index (χ3n) is 2.94. The highest BCUT2D eigenvalue weighted by Crippen LogP contribution is 2.21. The van der Waals surface area contributed by atoms with Crippen LogP contribution < -0.4 is 0 Å². The minimum Gasteiger partial charge on any atom is -0.436 e. The largest absolute Gasteiger partial charge is 0.436 e. The van der Waals surface area contributed by atoms with Crippen LogP contribution in [0.15, 0.2) is 12.3 Å². The highest BCUT2D eigenvalue weighted by molar-refractivity contribution is 6.73. The number of carbonyl (C=O) groups is 1. The molecule has 0 fully saturated rings. The highest BCUT2D eigenvalue weighted by Gasteiger charge is 2.43. The Labute approximate surface area is 117 Å². The van der Waals surface area contributed by atoms with E-state index < -0.39 is 14.9 Å². The second-order valence-corrected chi connectivity index (χ2v) is 7.36. The quantitative estimate of drug-likeness (QED) is 0.351. The summed E-state index contributed by atoms with van der Waals surface area (Å²) in [5, 5.41) is 0. The van der Waals surface area contributed by atoms with Gasteiger partial charge in [0.2, 0.25) is 6.29 Å². The molecule has 19 heavy (non-hydrogen) atoms. The maximum Gasteiger partial charge on any atom is 0.394 e. The maximum atomic E-state index is 11.3. The van der Waals surface area contributed by atoms with Gasteiger partial charge < -0.3 is 18.3 Å². The van der Waals surface area contributed by atoms with Crippen LogP contribution >= 0.6 is 0 Å². The Morgan fingerprint density at radius 3 is 2.11 bits per heavy atom. The second kappa shape index (κ2) is 9.25. The Morgan fingerprint density at radius 1 is 1.21 bits per heavy atom. The summed E-state index contributed by atoms with van der Waals surface area (Å²) in [6.07, 6.45) is 1.03. The molecule has 0 saturated carbocycles. The van der Waals surface area contributed by atoms with E-state index in [2.05, 4.69) is 6.58 Å². The van der Waals surface area contributed by atoms with Gasteiger partial charge in [-0.25, -0.2) is 0 Å². The van der Waals surface area contributed by atoms with Gasteiger partial charge in [-0.2, -0.15) is 0 Å². The smallest absolute Gasteiger partial charge is 0.394 e. The van der Waals surface area contributed by atoms with E-state index in [1.165, 1.54) is 0 Å². The number of hydrogen-bond donors (Lipinski definition) is 0. The van der Waals surface area contributed by atoms with Crippen molar-refractivity contribution in [3.63, 3.8) is 0 Å². The summed E-state index contributed by atoms with van der Waals surface area (Å²) in [5.41, 5.74) is 1.42. The van der Waals surface area contributed by atoms with Crippen molar-refractivity contribution in [3.8, 4) is 0 Å². The van der Waals surface area contributed by atoms with Crippen LogP contribution in [0, 0.1) is 0 Å². The fourth-order valence-electron chi connectivity index (χ4n) is 1.74. The van der Waals surface area contributed by atoms with E-state index in [1.807, 2.05) is 13.8 Å². The molecule has 0 N–H and O–H groups in total. The molecule has 0 aromatic carbocycles. The molecule has 5 nitrogen and oxygen atoms in total. The number of ether oxygens (including phenoxy) is 2. The lowest BCUT2D eigenvalue weighted by Crippen LogP contribution is -2.53. The Bertz CT molecular complexity index is 278. The van der Waals surface area contributed by atoms with Crippen LogP contribution in [-0.4, -0.2) is 40.8 Å². The summed E-state index contributed by atoms with van der Waals surface area (Å²) in [7, 11) is 0.535. The molecule has 0 heterocycles. The van der Waals surface area contributed by atoms with Crippen molar-refractivity contribution in [1.29, 1.82) is 0 Å². The normalized spacial score (nSPS) is 14.8. The van der Waals surface area contributed by atoms with Crippen LogP contribution in [0.1, 0.15) is 40.0 Å². The molecular formula is C13H26O5Si. The van der Waals surface area contributed by atoms with Gasteiger partial charge in [0.05, 0.1) is 0 Å². The van der Waals surface area contributed by atoms with Gasteiger partial charge in [-0.1, -0.05) is 20.8 Å². The molecule has 0 aromatic heterocycles. The molecule has 0 aliphatic carbocycles. The van der Waals surface area contributed by atoms with Gasteiger partial charge in [0.15, 0.2) is 0 Å². The molecule has 0 aliphatic heterocycles. The maximum absolute atomic E-state index is 11.3. The van der Waals surface area contributed by atoms with Crippen LogP contribution in [0.2, 0.25) is 0 Å². The molecule has 2 unspecified atom stereocenters. The van der Waals surface area contributed by atoms with Crippen molar-refractivity contribution in [2.75, 3.05) is 14.2 Å². The lowest BCUT2D eigenvalue weighted by atomic mass is 10.4. The van der Waals surface area contributed by atoms with Gasteiger partial charge in [0, 0.05) is 27.1 Å². The first-order chi connectivity index (χ1) is 9.03. The van der Waals surface area contributed by atoms with Crippen molar-refractivity contribution in [2.45, 2.75) is 52.1 Å². The molecule has 6 heteroatoms. The summed E-state index contributed by atoms with van der Waals surface area (Å²) >= 11 is 0. The summed E-state index contributed by atoms with van der Waals surface area (Å²) in [5.74, 6) is -0.276. The van der Waals surface area contributed by atoms with E-state index in [1.54, 1.807) is 26.8 Å². The molecule has 0 aromatic rings. The van der Waals surface area contributed by atoms with Crippen LogP contribution in [0.25, 0.3) is 0 Å². The number of esters is 1. The molecule has 0 radical (unpaired) electrons. The summed E-state index contributed by atoms with van der Waals surface area (Å²) in [6, 6.07) is 0. The average molecular weight is 290 g/mol. The molecule has 0 bridgehead atoms. The topological polar surface area (TPSA) is 54.0 Å². The summed E-state index contributed by atoms with van der Waals surface area (Å²) in [4.78, 5) is 11.3. The van der Waals surface area contributed by atoms with E-state index in [9.17, 15) is 4.79 Å². The van der Waals surface area contributed by atoms with Crippen molar-refractivity contribution in [2.24, 2.45) is 0 Å². The molecule has 0 saturated heterocycles. The molecule has 0 spiro atoms. The van der Waals surface area contributed by atoms with Gasteiger partial charge in [-0.3, -0.25) is 4.79 Å². The first kappa shape index (κ1) is 18.3. The molecule has 112 valence electrons. The Morgan fingerprint density at radius 2 is 1.79 bits per heavy atom. The first-order valence-corrected chi connectivity index (χ1v) is 8.59. The van der Waals surface area contributed by atoms with E-state index in [0.717, 1.165) is 0 Å². The van der Waals surface area contributed by atoms with E-state index in [0.29, 0.717) is 19.3 Å². The van der Waals surface area contributed by atoms with Gasteiger partial charge in [-0.15, -0.1) is 6.58 Å². The monoisotopic (exact) mass is 290 g/mol. The third kappa shape index (κ3) is 5.06. The predicted molar refractivity (Wildman–Crippen MR) is 75.6 cm³/mol. The lowest BCUT2D eigenvalue weighted by Gasteiger charge is -2.33. The third-order valence-corrected chi connectivity index (χ3v) is 6.23. The molecular weight excluding hydrogens is 264 g/mol. The van der Waals surface area contributed by atoms with Crippen molar-refractivity contribution < 1.29 is 23.1 Å². The average Bonchev–Trinajstić information content (AvgIpc) is 2.46. The van der Waals surface area contributed by atoms with Crippen LogP contribution in [0.3, 0.4) is 0 Å². The zero-order valence-electron chi connectivity index (χ0n) is 12.6. The molecule has 0 aliphatic rings. The predicted octanol–water partition coefficient (Wildman–Crippen LogP) is 2.47. The van der Waals surface area contributed by atoms with Gasteiger partial charge >= 0.3 is 14.5 Å². The summed E-state index contributed by atoms with van der Waals surface area (Å²) < 4.78 is 22.1.